The first-order chi connectivity index (χ1) is 14.2. The Balaban J connectivity index is 1.62. The van der Waals surface area contributed by atoms with Gasteiger partial charge < -0.3 is 10.1 Å². The number of carbonyl (C=O) groups excluding carboxylic acids is 1. The second-order valence-corrected chi connectivity index (χ2v) is 8.02. The summed E-state index contributed by atoms with van der Waals surface area (Å²) < 4.78 is 58.5. The molecular formula is C21H18F2N2O4S. The molecule has 0 saturated carbocycles. The largest absolute Gasteiger partial charge is 0.481 e. The van der Waals surface area contributed by atoms with E-state index in [-0.39, 0.29) is 10.6 Å². The average Bonchev–Trinajstić information content (AvgIpc) is 2.71. The number of benzene rings is 3. The van der Waals surface area contributed by atoms with E-state index < -0.39 is 33.7 Å². The van der Waals surface area contributed by atoms with Crippen LogP contribution in [0.4, 0.5) is 20.2 Å². The SMILES string of the molecule is C[C@@H](Oc1ccc(F)cc1)C(=O)Nc1ccc(S(=O)(=O)Nc2ccc(F)cc2)cc1. The van der Waals surface area contributed by atoms with Crippen LogP contribution in [0.1, 0.15) is 6.92 Å². The quantitative estimate of drug-likeness (QED) is 0.587. The molecule has 0 saturated heterocycles. The summed E-state index contributed by atoms with van der Waals surface area (Å²) in [5.41, 5.74) is 0.593. The van der Waals surface area contributed by atoms with Crippen molar-refractivity contribution in [1.29, 1.82) is 0 Å². The van der Waals surface area contributed by atoms with E-state index in [1.54, 1.807) is 0 Å². The monoisotopic (exact) mass is 432 g/mol. The third-order valence-electron chi connectivity index (χ3n) is 4.02. The van der Waals surface area contributed by atoms with Crippen molar-refractivity contribution < 1.29 is 26.7 Å². The average molecular weight is 432 g/mol. The summed E-state index contributed by atoms with van der Waals surface area (Å²) in [6.07, 6.45) is -0.862. The van der Waals surface area contributed by atoms with Crippen LogP contribution in [0, 0.1) is 11.6 Å². The Labute approximate surface area is 172 Å². The number of sulfonamides is 1. The fourth-order valence-electron chi connectivity index (χ4n) is 2.46. The zero-order chi connectivity index (χ0) is 21.7. The molecule has 1 atom stereocenters. The molecule has 0 aliphatic carbocycles. The van der Waals surface area contributed by atoms with Gasteiger partial charge in [0.1, 0.15) is 17.4 Å². The van der Waals surface area contributed by atoms with E-state index in [2.05, 4.69) is 10.0 Å². The number of anilines is 2. The Bertz CT molecular complexity index is 1120. The maximum Gasteiger partial charge on any atom is 0.265 e. The molecule has 0 aliphatic heterocycles. The molecule has 9 heteroatoms. The highest BCUT2D eigenvalue weighted by Crippen LogP contribution is 2.19. The molecule has 3 rings (SSSR count). The minimum absolute atomic E-state index is 0.0274. The number of ether oxygens (including phenoxy) is 1. The van der Waals surface area contributed by atoms with E-state index in [1.165, 1.54) is 67.6 Å². The molecule has 3 aromatic carbocycles. The minimum atomic E-state index is -3.87. The second kappa shape index (κ2) is 8.91. The summed E-state index contributed by atoms with van der Waals surface area (Å²) in [6.45, 7) is 1.53. The van der Waals surface area contributed by atoms with E-state index in [9.17, 15) is 22.0 Å². The number of amides is 1. The third-order valence-corrected chi connectivity index (χ3v) is 5.42. The Hall–Kier alpha value is -3.46. The van der Waals surface area contributed by atoms with Gasteiger partial charge in [0.2, 0.25) is 0 Å². The lowest BCUT2D eigenvalue weighted by Crippen LogP contribution is -2.30. The standard InChI is InChI=1S/C21H18F2N2O4S/c1-14(29-19-10-4-16(23)5-11-19)21(26)24-17-8-12-20(13-9-17)30(27,28)25-18-6-2-15(22)3-7-18/h2-14,25H,1H3,(H,24,26)/t14-/m1/s1. The van der Waals surface area contributed by atoms with Crippen molar-refractivity contribution in [3.05, 3.63) is 84.4 Å². The molecule has 0 fully saturated rings. The van der Waals surface area contributed by atoms with Crippen molar-refractivity contribution in [2.24, 2.45) is 0 Å². The van der Waals surface area contributed by atoms with Crippen molar-refractivity contribution in [3.63, 3.8) is 0 Å². The maximum absolute atomic E-state index is 13.0. The van der Waals surface area contributed by atoms with Gasteiger partial charge in [-0.3, -0.25) is 9.52 Å². The van der Waals surface area contributed by atoms with Crippen molar-refractivity contribution in [2.45, 2.75) is 17.9 Å². The molecule has 3 aromatic rings. The Morgan fingerprint density at radius 2 is 1.33 bits per heavy atom. The zero-order valence-corrected chi connectivity index (χ0v) is 16.6. The highest BCUT2D eigenvalue weighted by molar-refractivity contribution is 7.92. The number of hydrogen-bond acceptors (Lipinski definition) is 4. The molecule has 2 N–H and O–H groups in total. The molecule has 6 nitrogen and oxygen atoms in total. The van der Waals surface area contributed by atoms with Crippen LogP contribution in [0.2, 0.25) is 0 Å². The van der Waals surface area contributed by atoms with Crippen molar-refractivity contribution in [3.8, 4) is 5.75 Å². The fourth-order valence-corrected chi connectivity index (χ4v) is 3.52. The highest BCUT2D eigenvalue weighted by Gasteiger charge is 2.17. The molecule has 0 heterocycles. The van der Waals surface area contributed by atoms with Gasteiger partial charge in [-0.1, -0.05) is 0 Å². The first-order valence-electron chi connectivity index (χ1n) is 8.84. The lowest BCUT2D eigenvalue weighted by molar-refractivity contribution is -0.122. The number of halogens is 2. The van der Waals surface area contributed by atoms with E-state index in [4.69, 9.17) is 4.74 Å². The van der Waals surface area contributed by atoms with E-state index >= 15 is 0 Å². The number of rotatable bonds is 7. The molecule has 0 bridgehead atoms. The Morgan fingerprint density at radius 3 is 1.90 bits per heavy atom. The van der Waals surface area contributed by atoms with Crippen LogP contribution in [-0.4, -0.2) is 20.4 Å². The number of carbonyl (C=O) groups is 1. The van der Waals surface area contributed by atoms with Crippen LogP contribution in [0.3, 0.4) is 0 Å². The normalized spacial score (nSPS) is 12.1. The van der Waals surface area contributed by atoms with Gasteiger partial charge >= 0.3 is 0 Å². The Kier molecular flexibility index (Phi) is 6.31. The number of hydrogen-bond donors (Lipinski definition) is 2. The van der Waals surface area contributed by atoms with E-state index in [0.717, 1.165) is 12.1 Å². The molecule has 156 valence electrons. The summed E-state index contributed by atoms with van der Waals surface area (Å²) in [5, 5.41) is 2.61. The van der Waals surface area contributed by atoms with Gasteiger partial charge in [0.15, 0.2) is 6.10 Å². The Morgan fingerprint density at radius 1 is 0.833 bits per heavy atom. The molecular weight excluding hydrogens is 414 g/mol. The molecule has 0 radical (unpaired) electrons. The fraction of sp³-hybridized carbons (Fsp3) is 0.0952. The second-order valence-electron chi connectivity index (χ2n) is 6.34. The maximum atomic E-state index is 13.0. The van der Waals surface area contributed by atoms with Gasteiger partial charge in [-0.15, -0.1) is 0 Å². The lowest BCUT2D eigenvalue weighted by Gasteiger charge is -2.15. The minimum Gasteiger partial charge on any atom is -0.481 e. The van der Waals surface area contributed by atoms with Gasteiger partial charge in [0.25, 0.3) is 15.9 Å². The van der Waals surface area contributed by atoms with Gasteiger partial charge in [0, 0.05) is 11.4 Å². The van der Waals surface area contributed by atoms with Crippen LogP contribution in [-0.2, 0) is 14.8 Å². The molecule has 0 aromatic heterocycles. The predicted molar refractivity (Wildman–Crippen MR) is 109 cm³/mol. The van der Waals surface area contributed by atoms with Crippen LogP contribution in [0.5, 0.6) is 5.75 Å². The van der Waals surface area contributed by atoms with E-state index in [1.807, 2.05) is 0 Å². The van der Waals surface area contributed by atoms with Gasteiger partial charge in [-0.05, 0) is 79.7 Å². The smallest absolute Gasteiger partial charge is 0.265 e. The highest BCUT2D eigenvalue weighted by atomic mass is 32.2. The van der Waals surface area contributed by atoms with E-state index in [0.29, 0.717) is 11.4 Å². The van der Waals surface area contributed by atoms with Crippen molar-refractivity contribution in [2.75, 3.05) is 10.0 Å². The number of nitrogens with one attached hydrogen (secondary N) is 2. The van der Waals surface area contributed by atoms with Crippen molar-refractivity contribution >= 4 is 27.3 Å². The summed E-state index contributed by atoms with van der Waals surface area (Å²) in [5.74, 6) is -1.01. The summed E-state index contributed by atoms with van der Waals surface area (Å²) >= 11 is 0. The summed E-state index contributed by atoms with van der Waals surface area (Å²) in [7, 11) is -3.87. The first kappa shape index (κ1) is 21.3. The summed E-state index contributed by atoms with van der Waals surface area (Å²) in [4.78, 5) is 12.2. The van der Waals surface area contributed by atoms with Crippen LogP contribution in [0.25, 0.3) is 0 Å². The molecule has 0 spiro atoms. The zero-order valence-electron chi connectivity index (χ0n) is 15.8. The van der Waals surface area contributed by atoms with Gasteiger partial charge in [0.05, 0.1) is 4.90 Å². The predicted octanol–water partition coefficient (Wildman–Crippen LogP) is 4.17. The van der Waals surface area contributed by atoms with Crippen LogP contribution >= 0.6 is 0 Å². The van der Waals surface area contributed by atoms with Crippen LogP contribution < -0.4 is 14.8 Å². The van der Waals surface area contributed by atoms with Gasteiger partial charge in [-0.25, -0.2) is 17.2 Å². The first-order valence-corrected chi connectivity index (χ1v) is 10.3. The lowest BCUT2D eigenvalue weighted by atomic mass is 10.3. The van der Waals surface area contributed by atoms with Crippen molar-refractivity contribution in [1.82, 2.24) is 0 Å². The molecule has 30 heavy (non-hydrogen) atoms. The topological polar surface area (TPSA) is 84.5 Å². The van der Waals surface area contributed by atoms with Gasteiger partial charge in [-0.2, -0.15) is 0 Å². The third kappa shape index (κ3) is 5.54. The molecule has 0 aliphatic rings. The molecule has 0 unspecified atom stereocenters. The summed E-state index contributed by atoms with van der Waals surface area (Å²) in [6, 6.07) is 15.7. The molecule has 1 amide bonds. The van der Waals surface area contributed by atoms with Crippen LogP contribution in [0.15, 0.2) is 77.7 Å².